The molecule has 170 valence electrons. The van der Waals surface area contributed by atoms with Gasteiger partial charge in [0.25, 0.3) is 0 Å². The SMILES string of the molecule is S=C(N/N=C\c1ccc(OCc2ccccc2)c(OCc2ccccc2)c1)Nc1cccnc1. The molecule has 0 radical (unpaired) electrons. The maximum Gasteiger partial charge on any atom is 0.191 e. The Morgan fingerprint density at radius 3 is 2.15 bits per heavy atom. The molecular weight excluding hydrogens is 444 g/mol. The van der Waals surface area contributed by atoms with Gasteiger partial charge >= 0.3 is 0 Å². The highest BCUT2D eigenvalue weighted by Gasteiger charge is 2.08. The molecule has 0 fully saturated rings. The average Bonchev–Trinajstić information content (AvgIpc) is 2.88. The lowest BCUT2D eigenvalue weighted by molar-refractivity contribution is 0.256. The highest BCUT2D eigenvalue weighted by Crippen LogP contribution is 2.29. The summed E-state index contributed by atoms with van der Waals surface area (Å²) in [6, 6.07) is 29.4. The lowest BCUT2D eigenvalue weighted by Gasteiger charge is -2.14. The molecule has 0 aliphatic carbocycles. The van der Waals surface area contributed by atoms with Crippen LogP contribution in [0.4, 0.5) is 5.69 Å². The minimum absolute atomic E-state index is 0.368. The monoisotopic (exact) mass is 468 g/mol. The van der Waals surface area contributed by atoms with E-state index >= 15 is 0 Å². The fourth-order valence-corrected chi connectivity index (χ4v) is 3.24. The van der Waals surface area contributed by atoms with E-state index in [1.165, 1.54) is 0 Å². The fraction of sp³-hybridized carbons (Fsp3) is 0.0741. The molecule has 2 N–H and O–H groups in total. The van der Waals surface area contributed by atoms with Crippen molar-refractivity contribution in [3.8, 4) is 11.5 Å². The Balaban J connectivity index is 1.43. The molecule has 0 unspecified atom stereocenters. The first-order valence-corrected chi connectivity index (χ1v) is 11.1. The van der Waals surface area contributed by atoms with Crippen LogP contribution in [0.2, 0.25) is 0 Å². The number of rotatable bonds is 9. The second kappa shape index (κ2) is 12.1. The smallest absolute Gasteiger partial charge is 0.191 e. The van der Waals surface area contributed by atoms with Crippen molar-refractivity contribution in [3.05, 3.63) is 120 Å². The molecule has 3 aromatic carbocycles. The summed E-state index contributed by atoms with van der Waals surface area (Å²) in [6.45, 7) is 0.881. The van der Waals surface area contributed by atoms with Crippen LogP contribution in [0.15, 0.2) is 108 Å². The third-order valence-electron chi connectivity index (χ3n) is 4.74. The fourth-order valence-electron chi connectivity index (χ4n) is 3.07. The van der Waals surface area contributed by atoms with Gasteiger partial charge in [0, 0.05) is 6.20 Å². The highest BCUT2D eigenvalue weighted by atomic mass is 32.1. The molecule has 4 aromatic rings. The summed E-state index contributed by atoms with van der Waals surface area (Å²) in [5.41, 5.74) is 6.59. The van der Waals surface area contributed by atoms with Crippen molar-refractivity contribution >= 4 is 29.2 Å². The topological polar surface area (TPSA) is 67.8 Å². The molecule has 1 aromatic heterocycles. The zero-order valence-corrected chi connectivity index (χ0v) is 19.2. The van der Waals surface area contributed by atoms with Crippen molar-refractivity contribution in [2.45, 2.75) is 13.2 Å². The van der Waals surface area contributed by atoms with Crippen LogP contribution in [0.25, 0.3) is 0 Å². The number of pyridine rings is 1. The Morgan fingerprint density at radius 1 is 0.824 bits per heavy atom. The van der Waals surface area contributed by atoms with Crippen LogP contribution < -0.4 is 20.2 Å². The van der Waals surface area contributed by atoms with Gasteiger partial charge < -0.3 is 14.8 Å². The molecule has 0 spiro atoms. The first kappa shape index (κ1) is 22.9. The van der Waals surface area contributed by atoms with Crippen LogP contribution in [0.5, 0.6) is 11.5 Å². The molecule has 0 aliphatic heterocycles. The summed E-state index contributed by atoms with van der Waals surface area (Å²) in [5, 5.41) is 7.61. The molecule has 0 aliphatic rings. The van der Waals surface area contributed by atoms with E-state index in [-0.39, 0.29) is 0 Å². The molecule has 34 heavy (non-hydrogen) atoms. The van der Waals surface area contributed by atoms with Crippen LogP contribution in [-0.4, -0.2) is 16.3 Å². The van der Waals surface area contributed by atoms with Gasteiger partial charge in [0.15, 0.2) is 16.6 Å². The number of anilines is 1. The van der Waals surface area contributed by atoms with Crippen LogP contribution in [-0.2, 0) is 13.2 Å². The third-order valence-corrected chi connectivity index (χ3v) is 4.93. The molecular formula is C27H24N4O2S. The molecule has 0 atom stereocenters. The van der Waals surface area contributed by atoms with Gasteiger partial charge in [0.05, 0.1) is 18.1 Å². The lowest BCUT2D eigenvalue weighted by Crippen LogP contribution is -2.23. The van der Waals surface area contributed by atoms with E-state index in [0.717, 1.165) is 22.4 Å². The predicted octanol–water partition coefficient (Wildman–Crippen LogP) is 5.56. The number of aromatic nitrogens is 1. The van der Waals surface area contributed by atoms with Gasteiger partial charge in [0.1, 0.15) is 13.2 Å². The summed E-state index contributed by atoms with van der Waals surface area (Å²) in [5.74, 6) is 1.30. The number of hydrazone groups is 1. The van der Waals surface area contributed by atoms with Gasteiger partial charge in [-0.15, -0.1) is 0 Å². The summed E-state index contributed by atoms with van der Waals surface area (Å²) < 4.78 is 12.2. The van der Waals surface area contributed by atoms with Gasteiger partial charge in [-0.1, -0.05) is 60.7 Å². The van der Waals surface area contributed by atoms with Gasteiger partial charge in [-0.05, 0) is 59.2 Å². The van der Waals surface area contributed by atoms with Crippen LogP contribution >= 0.6 is 12.2 Å². The molecule has 0 amide bonds. The number of hydrogen-bond acceptors (Lipinski definition) is 5. The van der Waals surface area contributed by atoms with Gasteiger partial charge in [-0.3, -0.25) is 10.4 Å². The van der Waals surface area contributed by atoms with Gasteiger partial charge in [-0.25, -0.2) is 0 Å². The van der Waals surface area contributed by atoms with Gasteiger partial charge in [0.2, 0.25) is 0 Å². The minimum Gasteiger partial charge on any atom is -0.485 e. The maximum absolute atomic E-state index is 6.11. The van der Waals surface area contributed by atoms with Crippen LogP contribution in [0.3, 0.4) is 0 Å². The highest BCUT2D eigenvalue weighted by molar-refractivity contribution is 7.80. The quantitative estimate of drug-likeness (QED) is 0.190. The number of thiocarbonyl (C=S) groups is 1. The molecule has 6 nitrogen and oxygen atoms in total. The summed E-state index contributed by atoms with van der Waals surface area (Å²) >= 11 is 5.27. The number of nitrogens with zero attached hydrogens (tertiary/aromatic N) is 2. The minimum atomic E-state index is 0.368. The Kier molecular flexibility index (Phi) is 8.19. The summed E-state index contributed by atoms with van der Waals surface area (Å²) in [6.07, 6.45) is 5.06. The van der Waals surface area contributed by atoms with Crippen molar-refractivity contribution in [2.75, 3.05) is 5.32 Å². The number of benzene rings is 3. The van der Waals surface area contributed by atoms with Gasteiger partial charge in [-0.2, -0.15) is 5.10 Å². The number of ether oxygens (including phenoxy) is 2. The van der Waals surface area contributed by atoms with E-state index in [1.807, 2.05) is 91.0 Å². The van der Waals surface area contributed by atoms with Crippen molar-refractivity contribution in [1.29, 1.82) is 0 Å². The standard InChI is InChI=1S/C27H24N4O2S/c34-27(30-24-12-7-15-28-18-24)31-29-17-23-13-14-25(32-19-21-8-3-1-4-9-21)26(16-23)33-20-22-10-5-2-6-11-22/h1-18H,19-20H2,(H2,30,31,34)/b29-17-. The first-order valence-electron chi connectivity index (χ1n) is 10.7. The Labute approximate surface area is 204 Å². The molecule has 4 rings (SSSR count). The van der Waals surface area contributed by atoms with Crippen molar-refractivity contribution < 1.29 is 9.47 Å². The third kappa shape index (κ3) is 7.15. The van der Waals surface area contributed by atoms with E-state index in [4.69, 9.17) is 21.7 Å². The Morgan fingerprint density at radius 2 is 1.50 bits per heavy atom. The van der Waals surface area contributed by atoms with E-state index < -0.39 is 0 Å². The lowest BCUT2D eigenvalue weighted by atomic mass is 10.2. The molecule has 7 heteroatoms. The zero-order valence-electron chi connectivity index (χ0n) is 18.4. The Hall–Kier alpha value is -4.23. The average molecular weight is 469 g/mol. The number of hydrogen-bond donors (Lipinski definition) is 2. The van der Waals surface area contributed by atoms with Crippen molar-refractivity contribution in [1.82, 2.24) is 10.4 Å². The van der Waals surface area contributed by atoms with Crippen molar-refractivity contribution in [3.63, 3.8) is 0 Å². The molecule has 0 bridgehead atoms. The van der Waals surface area contributed by atoms with E-state index in [0.29, 0.717) is 29.8 Å². The largest absolute Gasteiger partial charge is 0.485 e. The second-order valence-electron chi connectivity index (χ2n) is 7.32. The summed E-state index contributed by atoms with van der Waals surface area (Å²) in [4.78, 5) is 4.04. The van der Waals surface area contributed by atoms with Crippen LogP contribution in [0, 0.1) is 0 Å². The molecule has 1 heterocycles. The maximum atomic E-state index is 6.11. The van der Waals surface area contributed by atoms with E-state index in [9.17, 15) is 0 Å². The normalized spacial score (nSPS) is 10.6. The molecule has 0 saturated heterocycles. The van der Waals surface area contributed by atoms with E-state index in [2.05, 4.69) is 20.8 Å². The van der Waals surface area contributed by atoms with Crippen molar-refractivity contribution in [2.24, 2.45) is 5.10 Å². The number of nitrogens with one attached hydrogen (secondary N) is 2. The van der Waals surface area contributed by atoms with E-state index in [1.54, 1.807) is 18.6 Å². The van der Waals surface area contributed by atoms with Crippen LogP contribution in [0.1, 0.15) is 16.7 Å². The second-order valence-corrected chi connectivity index (χ2v) is 7.73. The molecule has 0 saturated carbocycles. The first-order chi connectivity index (χ1) is 16.8. The zero-order chi connectivity index (χ0) is 23.4. The summed E-state index contributed by atoms with van der Waals surface area (Å²) in [7, 11) is 0. The predicted molar refractivity (Wildman–Crippen MR) is 139 cm³/mol. The Bertz CT molecular complexity index is 1220.